The van der Waals surface area contributed by atoms with Crippen molar-refractivity contribution in [3.05, 3.63) is 85.1 Å². The molecule has 0 fully saturated rings. The third-order valence-electron chi connectivity index (χ3n) is 13.6. The zero-order valence-electron chi connectivity index (χ0n) is 50.2. The summed E-state index contributed by atoms with van der Waals surface area (Å²) in [5.41, 5.74) is 0. The molecule has 0 bridgehead atoms. The number of nitrogens with one attached hydrogen (secondary N) is 1. The lowest BCUT2D eigenvalue weighted by Crippen LogP contribution is -2.47. The standard InChI is InChI=1S/C66H119N2O7P/c1-7-10-13-16-19-22-25-28-30-32-33-34-35-36-38-41-44-47-50-53-56-59-66(70)75-64(57-54-51-48-45-42-39-27-24-21-18-15-12-9-3)63(62-74-76(71,72)73-61-60-68(4,5)6)67-65(69)58-55-52-49-46-43-40-37-31-29-26-23-20-17-14-11-8-2/h10,13,19,22,28,30,33-34,36,38,44,47,54,57,63-64H,7-9,11-12,14-18,20-21,23-27,29,31-32,35,37,39-43,45-46,48-53,55-56,58-62H2,1-6H3,(H-,67,69,71,72)/p+1/b13-10-,22-19-,30-28-,34-33-,38-36-,47-44-,57-54+. The predicted octanol–water partition coefficient (Wildman–Crippen LogP) is 19.4. The summed E-state index contributed by atoms with van der Waals surface area (Å²) in [6.07, 6.45) is 72.9. The Kier molecular flexibility index (Phi) is 53.5. The number of rotatable bonds is 56. The van der Waals surface area contributed by atoms with Gasteiger partial charge < -0.3 is 19.4 Å². The first-order valence-electron chi connectivity index (χ1n) is 31.4. The van der Waals surface area contributed by atoms with Crippen molar-refractivity contribution in [3.8, 4) is 0 Å². The van der Waals surface area contributed by atoms with Crippen LogP contribution < -0.4 is 5.32 Å². The molecule has 0 aromatic heterocycles. The van der Waals surface area contributed by atoms with Crippen LogP contribution >= 0.6 is 7.82 Å². The van der Waals surface area contributed by atoms with Crippen LogP contribution in [0.25, 0.3) is 0 Å². The molecule has 1 amide bonds. The number of carbonyl (C=O) groups excluding carboxylic acids is 2. The average molecular weight is 1080 g/mol. The van der Waals surface area contributed by atoms with Crippen LogP contribution in [0.1, 0.15) is 271 Å². The zero-order chi connectivity index (χ0) is 55.7. The highest BCUT2D eigenvalue weighted by molar-refractivity contribution is 7.47. The fourth-order valence-corrected chi connectivity index (χ4v) is 9.50. The van der Waals surface area contributed by atoms with Crippen molar-refractivity contribution in [2.45, 2.75) is 283 Å². The molecule has 3 atom stereocenters. The van der Waals surface area contributed by atoms with E-state index < -0.39 is 20.0 Å². The van der Waals surface area contributed by atoms with Gasteiger partial charge in [0, 0.05) is 12.8 Å². The molecule has 2 N–H and O–H groups in total. The lowest BCUT2D eigenvalue weighted by Gasteiger charge is -2.27. The van der Waals surface area contributed by atoms with E-state index in [1.54, 1.807) is 0 Å². The molecule has 0 rings (SSSR count). The minimum Gasteiger partial charge on any atom is -0.456 e. The van der Waals surface area contributed by atoms with Crippen molar-refractivity contribution in [1.82, 2.24) is 5.32 Å². The number of hydrogen-bond acceptors (Lipinski definition) is 6. The number of unbranched alkanes of at least 4 members (excludes halogenated alkanes) is 28. The highest BCUT2D eigenvalue weighted by Gasteiger charge is 2.30. The molecular weight excluding hydrogens is 964 g/mol. The van der Waals surface area contributed by atoms with Crippen LogP contribution in [0.15, 0.2) is 85.1 Å². The minimum absolute atomic E-state index is 0.0312. The van der Waals surface area contributed by atoms with Crippen LogP contribution in [0, 0.1) is 0 Å². The third kappa shape index (κ3) is 55.9. The van der Waals surface area contributed by atoms with Gasteiger partial charge in [-0.25, -0.2) is 4.57 Å². The van der Waals surface area contributed by atoms with Crippen LogP contribution in [-0.2, 0) is 27.9 Å². The molecule has 0 aromatic carbocycles. The molecule has 10 heteroatoms. The lowest BCUT2D eigenvalue weighted by molar-refractivity contribution is -0.870. The van der Waals surface area contributed by atoms with E-state index in [0.29, 0.717) is 23.9 Å². The number of hydrogen-bond donors (Lipinski definition) is 2. The molecule has 0 aliphatic carbocycles. The summed E-state index contributed by atoms with van der Waals surface area (Å²) in [6, 6.07) is -0.868. The van der Waals surface area contributed by atoms with Crippen molar-refractivity contribution in [2.75, 3.05) is 40.9 Å². The van der Waals surface area contributed by atoms with Crippen molar-refractivity contribution in [1.29, 1.82) is 0 Å². The van der Waals surface area contributed by atoms with Gasteiger partial charge in [-0.1, -0.05) is 260 Å². The van der Waals surface area contributed by atoms with Crippen LogP contribution in [0.2, 0.25) is 0 Å². The number of amides is 1. The van der Waals surface area contributed by atoms with Crippen molar-refractivity contribution < 1.29 is 37.3 Å². The monoisotopic (exact) mass is 1080 g/mol. The molecule has 76 heavy (non-hydrogen) atoms. The van der Waals surface area contributed by atoms with E-state index in [4.69, 9.17) is 13.8 Å². The number of quaternary nitrogens is 1. The molecule has 0 aliphatic rings. The maximum atomic E-state index is 13.5. The molecule has 0 saturated carbocycles. The van der Waals surface area contributed by atoms with Gasteiger partial charge in [-0.05, 0) is 83.1 Å². The first-order valence-corrected chi connectivity index (χ1v) is 32.9. The second kappa shape index (κ2) is 55.5. The Morgan fingerprint density at radius 3 is 1.28 bits per heavy atom. The minimum atomic E-state index is -4.46. The van der Waals surface area contributed by atoms with Gasteiger partial charge in [-0.15, -0.1) is 0 Å². The maximum Gasteiger partial charge on any atom is 0.472 e. The van der Waals surface area contributed by atoms with Gasteiger partial charge >= 0.3 is 13.8 Å². The summed E-state index contributed by atoms with van der Waals surface area (Å²) in [6.45, 7) is 6.88. The first kappa shape index (κ1) is 73.2. The Morgan fingerprint density at radius 1 is 0.474 bits per heavy atom. The van der Waals surface area contributed by atoms with Gasteiger partial charge in [0.25, 0.3) is 0 Å². The van der Waals surface area contributed by atoms with Gasteiger partial charge in [0.1, 0.15) is 19.3 Å². The van der Waals surface area contributed by atoms with E-state index in [1.165, 1.54) is 141 Å². The van der Waals surface area contributed by atoms with E-state index in [0.717, 1.165) is 89.9 Å². The Bertz CT molecular complexity index is 1580. The summed E-state index contributed by atoms with van der Waals surface area (Å²) in [5.74, 6) is -0.551. The van der Waals surface area contributed by atoms with Gasteiger partial charge in [-0.2, -0.15) is 0 Å². The molecule has 9 nitrogen and oxygen atoms in total. The molecule has 0 heterocycles. The van der Waals surface area contributed by atoms with Crippen LogP contribution in [0.4, 0.5) is 0 Å². The number of allylic oxidation sites excluding steroid dienone is 13. The number of ether oxygens (including phenoxy) is 1. The summed E-state index contributed by atoms with van der Waals surface area (Å²) in [4.78, 5) is 37.7. The van der Waals surface area contributed by atoms with Crippen molar-refractivity contribution in [3.63, 3.8) is 0 Å². The predicted molar refractivity (Wildman–Crippen MR) is 328 cm³/mol. The number of likely N-dealkylation sites (N-methyl/N-ethyl adjacent to an activating group) is 1. The second-order valence-corrected chi connectivity index (χ2v) is 23.7. The molecule has 0 aliphatic heterocycles. The van der Waals surface area contributed by atoms with Crippen LogP contribution in [-0.4, -0.2) is 74.3 Å². The molecular formula is C66H120N2O7P+. The van der Waals surface area contributed by atoms with Crippen molar-refractivity contribution in [2.24, 2.45) is 0 Å². The molecule has 0 spiro atoms. The van der Waals surface area contributed by atoms with E-state index in [9.17, 15) is 19.0 Å². The Hall–Kier alpha value is -2.81. The number of phosphoric ester groups is 1. The molecule has 0 saturated heterocycles. The number of carbonyl (C=O) groups is 2. The van der Waals surface area contributed by atoms with E-state index in [2.05, 4.69) is 99.0 Å². The van der Waals surface area contributed by atoms with E-state index in [1.807, 2.05) is 33.3 Å². The molecule has 0 radical (unpaired) electrons. The summed E-state index contributed by atoms with van der Waals surface area (Å²) >= 11 is 0. The normalized spacial score (nSPS) is 14.2. The highest BCUT2D eigenvalue weighted by Crippen LogP contribution is 2.43. The summed E-state index contributed by atoms with van der Waals surface area (Å²) in [5, 5.41) is 3.05. The molecule has 440 valence electrons. The molecule has 0 aromatic rings. The van der Waals surface area contributed by atoms with E-state index >= 15 is 0 Å². The quantitative estimate of drug-likeness (QED) is 0.0205. The highest BCUT2D eigenvalue weighted by atomic mass is 31.2. The Labute approximate surface area is 469 Å². The largest absolute Gasteiger partial charge is 0.472 e. The topological polar surface area (TPSA) is 111 Å². The summed E-state index contributed by atoms with van der Waals surface area (Å²) in [7, 11) is 1.47. The number of phosphoric acid groups is 1. The SMILES string of the molecule is CC/C=C\C/C=C\C/C=C\C/C=C\C/C=C\C/C=C\CCCCC(=O)OC(/C=C/CCCCCCCCCCCCC)C(COP(=O)(O)OCC[N+](C)(C)C)NC(=O)CCCCCCCCCCCCCCCCCC. The number of esters is 1. The van der Waals surface area contributed by atoms with E-state index in [-0.39, 0.29) is 31.5 Å². The Balaban J connectivity index is 5.36. The maximum absolute atomic E-state index is 13.5. The van der Waals surface area contributed by atoms with Gasteiger partial charge in [-0.3, -0.25) is 18.6 Å². The van der Waals surface area contributed by atoms with Gasteiger partial charge in [0.2, 0.25) is 5.91 Å². The summed E-state index contributed by atoms with van der Waals surface area (Å²) < 4.78 is 30.7. The lowest BCUT2D eigenvalue weighted by atomic mass is 10.0. The third-order valence-corrected chi connectivity index (χ3v) is 14.6. The smallest absolute Gasteiger partial charge is 0.456 e. The first-order chi connectivity index (χ1) is 36.9. The van der Waals surface area contributed by atoms with Crippen LogP contribution in [0.3, 0.4) is 0 Å². The average Bonchev–Trinajstić information content (AvgIpc) is 3.38. The van der Waals surface area contributed by atoms with Crippen molar-refractivity contribution >= 4 is 19.7 Å². The second-order valence-electron chi connectivity index (χ2n) is 22.2. The van der Waals surface area contributed by atoms with Gasteiger partial charge in [0.05, 0.1) is 33.8 Å². The number of nitrogens with zero attached hydrogens (tertiary/aromatic N) is 1. The van der Waals surface area contributed by atoms with Gasteiger partial charge in [0.15, 0.2) is 0 Å². The Morgan fingerprint density at radius 2 is 0.842 bits per heavy atom. The van der Waals surface area contributed by atoms with Crippen LogP contribution in [0.5, 0.6) is 0 Å². The fourth-order valence-electron chi connectivity index (χ4n) is 8.77. The molecule has 3 unspecified atom stereocenters. The zero-order valence-corrected chi connectivity index (χ0v) is 51.1. The fraction of sp³-hybridized carbons (Fsp3) is 0.758.